The molecule has 1 aromatic carbocycles. The molecule has 0 unspecified atom stereocenters. The summed E-state index contributed by atoms with van der Waals surface area (Å²) >= 11 is 4.94. The lowest BCUT2D eigenvalue weighted by Gasteiger charge is -2.11. The van der Waals surface area contributed by atoms with Crippen molar-refractivity contribution in [2.75, 3.05) is 5.32 Å². The number of nitrogens with zero attached hydrogens (tertiary/aromatic N) is 1. The average molecular weight is 293 g/mol. The number of nitrogens with two attached hydrogens (primary N) is 1. The van der Waals surface area contributed by atoms with Gasteiger partial charge < -0.3 is 11.1 Å². The molecule has 0 saturated carbocycles. The van der Waals surface area contributed by atoms with E-state index in [0.717, 1.165) is 11.8 Å². The zero-order valence-corrected chi connectivity index (χ0v) is 11.6. The predicted octanol–water partition coefficient (Wildman–Crippen LogP) is 2.91. The molecule has 0 fully saturated rings. The number of anilines is 1. The lowest BCUT2D eigenvalue weighted by atomic mass is 10.2. The fourth-order valence-corrected chi connectivity index (χ4v) is 1.90. The van der Waals surface area contributed by atoms with E-state index < -0.39 is 11.6 Å². The van der Waals surface area contributed by atoms with Crippen molar-refractivity contribution in [3.8, 4) is 0 Å². The van der Waals surface area contributed by atoms with Gasteiger partial charge in [0.15, 0.2) is 0 Å². The topological polar surface area (TPSA) is 50.9 Å². The molecule has 6 heteroatoms. The Morgan fingerprint density at radius 3 is 2.70 bits per heavy atom. The van der Waals surface area contributed by atoms with Gasteiger partial charge in [0.1, 0.15) is 22.4 Å². The minimum Gasteiger partial charge on any atom is -0.389 e. The quantitative estimate of drug-likeness (QED) is 0.851. The van der Waals surface area contributed by atoms with Gasteiger partial charge in [-0.25, -0.2) is 13.8 Å². The van der Waals surface area contributed by atoms with Crippen LogP contribution in [0.4, 0.5) is 14.6 Å². The monoisotopic (exact) mass is 293 g/mol. The molecule has 104 valence electrons. The van der Waals surface area contributed by atoms with Gasteiger partial charge in [-0.3, -0.25) is 0 Å². The molecule has 2 rings (SSSR count). The minimum atomic E-state index is -0.609. The molecular weight excluding hydrogens is 280 g/mol. The van der Waals surface area contributed by atoms with Crippen LogP contribution in [0.1, 0.15) is 16.8 Å². The number of benzene rings is 1. The molecule has 1 aromatic heterocycles. The Kier molecular flexibility index (Phi) is 4.24. The molecule has 1 heterocycles. The van der Waals surface area contributed by atoms with Gasteiger partial charge in [0.25, 0.3) is 0 Å². The van der Waals surface area contributed by atoms with Crippen molar-refractivity contribution in [3.63, 3.8) is 0 Å². The van der Waals surface area contributed by atoms with E-state index >= 15 is 0 Å². The second kappa shape index (κ2) is 5.92. The first-order valence-electron chi connectivity index (χ1n) is 5.92. The highest BCUT2D eigenvalue weighted by atomic mass is 32.1. The maximum absolute atomic E-state index is 13.5. The van der Waals surface area contributed by atoms with Gasteiger partial charge in [-0.15, -0.1) is 0 Å². The number of hydrogen-bond acceptors (Lipinski definition) is 3. The van der Waals surface area contributed by atoms with Crippen LogP contribution in [0.25, 0.3) is 0 Å². The fourth-order valence-electron chi connectivity index (χ4n) is 1.73. The second-order valence-corrected chi connectivity index (χ2v) is 4.74. The summed E-state index contributed by atoms with van der Waals surface area (Å²) in [4.78, 5) is 4.49. The van der Waals surface area contributed by atoms with Crippen LogP contribution < -0.4 is 11.1 Å². The van der Waals surface area contributed by atoms with Gasteiger partial charge in [0.2, 0.25) is 0 Å². The summed E-state index contributed by atoms with van der Waals surface area (Å²) in [5, 5.41) is 2.97. The van der Waals surface area contributed by atoms with Crippen LogP contribution in [0.5, 0.6) is 0 Å². The molecule has 0 aliphatic rings. The van der Waals surface area contributed by atoms with E-state index in [1.807, 2.05) is 6.92 Å². The first-order chi connectivity index (χ1) is 9.47. The standard InChI is InChI=1S/C14H13F2N3S/c1-8-2-5-11(13(17)20)14(19-8)18-7-9-3-4-10(15)6-12(9)16/h2-6H,7H2,1H3,(H2,17,20)(H,18,19). The Labute approximate surface area is 120 Å². The van der Waals surface area contributed by atoms with Crippen molar-refractivity contribution in [2.24, 2.45) is 5.73 Å². The zero-order valence-electron chi connectivity index (χ0n) is 10.8. The maximum Gasteiger partial charge on any atom is 0.136 e. The third-order valence-electron chi connectivity index (χ3n) is 2.76. The summed E-state index contributed by atoms with van der Waals surface area (Å²) in [5.74, 6) is -0.730. The van der Waals surface area contributed by atoms with E-state index in [9.17, 15) is 8.78 Å². The van der Waals surface area contributed by atoms with Gasteiger partial charge in [0.05, 0.1) is 5.56 Å². The zero-order chi connectivity index (χ0) is 14.7. The minimum absolute atomic E-state index is 0.165. The Hall–Kier alpha value is -2.08. The van der Waals surface area contributed by atoms with Gasteiger partial charge in [0, 0.05) is 23.9 Å². The predicted molar refractivity (Wildman–Crippen MR) is 78.5 cm³/mol. The van der Waals surface area contributed by atoms with Crippen LogP contribution in [0.3, 0.4) is 0 Å². The van der Waals surface area contributed by atoms with Crippen LogP contribution in [0, 0.1) is 18.6 Å². The van der Waals surface area contributed by atoms with E-state index in [2.05, 4.69) is 10.3 Å². The third-order valence-corrected chi connectivity index (χ3v) is 2.98. The summed E-state index contributed by atoms with van der Waals surface area (Å²) in [5.41, 5.74) is 7.32. The normalized spacial score (nSPS) is 10.3. The number of pyridine rings is 1. The average Bonchev–Trinajstić information content (AvgIpc) is 2.37. The molecule has 0 bridgehead atoms. The second-order valence-electron chi connectivity index (χ2n) is 4.30. The highest BCUT2D eigenvalue weighted by molar-refractivity contribution is 7.80. The van der Waals surface area contributed by atoms with Crippen LogP contribution in [0.15, 0.2) is 30.3 Å². The number of halogens is 2. The van der Waals surface area contributed by atoms with Crippen LogP contribution >= 0.6 is 12.2 Å². The van der Waals surface area contributed by atoms with Crippen LogP contribution in [-0.4, -0.2) is 9.97 Å². The lowest BCUT2D eigenvalue weighted by Crippen LogP contribution is -2.15. The summed E-state index contributed by atoms with van der Waals surface area (Å²) in [6.45, 7) is 1.99. The third kappa shape index (κ3) is 3.27. The number of aryl methyl sites for hydroxylation is 1. The first kappa shape index (κ1) is 14.3. The van der Waals surface area contributed by atoms with Crippen molar-refractivity contribution in [3.05, 3.63) is 58.8 Å². The summed E-state index contributed by atoms with van der Waals surface area (Å²) in [7, 11) is 0. The Balaban J connectivity index is 2.22. The lowest BCUT2D eigenvalue weighted by molar-refractivity contribution is 0.574. The van der Waals surface area contributed by atoms with Crippen molar-refractivity contribution in [1.29, 1.82) is 0 Å². The van der Waals surface area contributed by atoms with Crippen molar-refractivity contribution in [2.45, 2.75) is 13.5 Å². The first-order valence-corrected chi connectivity index (χ1v) is 6.33. The molecule has 0 radical (unpaired) electrons. The van der Waals surface area contributed by atoms with Crippen molar-refractivity contribution < 1.29 is 8.78 Å². The van der Waals surface area contributed by atoms with Gasteiger partial charge in [-0.05, 0) is 25.1 Å². The van der Waals surface area contributed by atoms with Crippen LogP contribution in [-0.2, 0) is 6.54 Å². The maximum atomic E-state index is 13.5. The van der Waals surface area contributed by atoms with Crippen molar-refractivity contribution in [1.82, 2.24) is 4.98 Å². The number of rotatable bonds is 4. The molecule has 2 aromatic rings. The molecule has 20 heavy (non-hydrogen) atoms. The fraction of sp³-hybridized carbons (Fsp3) is 0.143. The largest absolute Gasteiger partial charge is 0.389 e. The SMILES string of the molecule is Cc1ccc(C(N)=S)c(NCc2ccc(F)cc2F)n1. The molecule has 3 N–H and O–H groups in total. The van der Waals surface area contributed by atoms with Gasteiger partial charge in [-0.1, -0.05) is 18.3 Å². The molecule has 0 atom stereocenters. The van der Waals surface area contributed by atoms with E-state index in [1.54, 1.807) is 12.1 Å². The molecule has 0 saturated heterocycles. The molecular formula is C14H13F2N3S. The van der Waals surface area contributed by atoms with E-state index in [4.69, 9.17) is 18.0 Å². The molecule has 0 spiro atoms. The molecule has 0 aliphatic heterocycles. The van der Waals surface area contributed by atoms with Gasteiger partial charge in [-0.2, -0.15) is 0 Å². The molecule has 0 amide bonds. The molecule has 3 nitrogen and oxygen atoms in total. The highest BCUT2D eigenvalue weighted by Gasteiger charge is 2.09. The Morgan fingerprint density at radius 1 is 1.30 bits per heavy atom. The number of nitrogens with one attached hydrogen (secondary N) is 1. The molecule has 0 aliphatic carbocycles. The summed E-state index contributed by atoms with van der Waals surface area (Å²) in [6.07, 6.45) is 0. The smallest absolute Gasteiger partial charge is 0.136 e. The van der Waals surface area contributed by atoms with E-state index in [1.165, 1.54) is 12.1 Å². The van der Waals surface area contributed by atoms with Crippen molar-refractivity contribution >= 4 is 23.0 Å². The van der Waals surface area contributed by atoms with Crippen LogP contribution in [0.2, 0.25) is 0 Å². The Bertz CT molecular complexity index is 659. The van der Waals surface area contributed by atoms with Gasteiger partial charge >= 0.3 is 0 Å². The summed E-state index contributed by atoms with van der Waals surface area (Å²) < 4.78 is 26.4. The Morgan fingerprint density at radius 2 is 2.05 bits per heavy atom. The number of hydrogen-bond donors (Lipinski definition) is 2. The van der Waals surface area contributed by atoms with E-state index in [-0.39, 0.29) is 11.5 Å². The summed E-state index contributed by atoms with van der Waals surface area (Å²) in [6, 6.07) is 6.98. The number of aromatic nitrogens is 1. The van der Waals surface area contributed by atoms with E-state index in [0.29, 0.717) is 16.9 Å². The highest BCUT2D eigenvalue weighted by Crippen LogP contribution is 2.16. The number of thiocarbonyl (C=S) groups is 1.